The highest BCUT2D eigenvalue weighted by Gasteiger charge is 2.32. The van der Waals surface area contributed by atoms with Crippen molar-refractivity contribution in [2.24, 2.45) is 0 Å². The molecule has 1 aromatic heterocycles. The van der Waals surface area contributed by atoms with Gasteiger partial charge in [-0.25, -0.2) is 0 Å². The number of carbonyl (C=O) groups is 2. The first kappa shape index (κ1) is 36.7. The quantitative estimate of drug-likeness (QED) is 0.0646. The van der Waals surface area contributed by atoms with Gasteiger partial charge in [-0.2, -0.15) is 4.68 Å². The number of rotatable bonds is 16. The minimum absolute atomic E-state index is 0.0337. The second kappa shape index (κ2) is 17.9. The Morgan fingerprint density at radius 3 is 2.35 bits per heavy atom. The Morgan fingerprint density at radius 1 is 0.846 bits per heavy atom. The smallest absolute Gasteiger partial charge is 0.303 e. The first-order valence-corrected chi connectivity index (χ1v) is 18.2. The molecular weight excluding hydrogens is 683 g/mol. The van der Waals surface area contributed by atoms with E-state index in [0.29, 0.717) is 49.6 Å². The number of nitrogens with zero attached hydrogens (tertiary/aromatic N) is 4. The summed E-state index contributed by atoms with van der Waals surface area (Å²) in [5.74, 6) is -0.134. The van der Waals surface area contributed by atoms with Crippen LogP contribution >= 0.6 is 11.8 Å². The normalized spacial score (nSPS) is 17.1. The summed E-state index contributed by atoms with van der Waals surface area (Å²) in [5.41, 5.74) is 6.42. The van der Waals surface area contributed by atoms with Crippen molar-refractivity contribution in [1.82, 2.24) is 25.5 Å². The van der Waals surface area contributed by atoms with Crippen molar-refractivity contribution in [2.45, 2.75) is 75.3 Å². The maximum Gasteiger partial charge on any atom is 0.303 e. The SMILES string of the molecule is O=C(O)CCCCCC(=O)NCc1cccc(-c2ccc([C@H]3O[C@@H](CSc4nnnn4-c4ccc(O)cc4)C[C@@H](c4ccc(CO)cc4)O3)cc2)c1. The number of unbranched alkanes of at least 4 members (excludes halogenated alkanes) is 2. The number of carboxylic acid groups (broad SMARTS) is 1. The van der Waals surface area contributed by atoms with Crippen molar-refractivity contribution in [3.05, 3.63) is 119 Å². The van der Waals surface area contributed by atoms with Gasteiger partial charge in [0.2, 0.25) is 11.1 Å². The number of carboxylic acids is 1. The molecule has 0 saturated carbocycles. The number of phenols is 1. The molecular formula is C39H41N5O7S. The molecule has 1 amide bonds. The lowest BCUT2D eigenvalue weighted by Crippen LogP contribution is -2.31. The number of aliphatic carboxylic acids is 1. The van der Waals surface area contributed by atoms with Gasteiger partial charge < -0.3 is 30.1 Å². The molecule has 2 heterocycles. The number of aliphatic hydroxyl groups is 1. The lowest BCUT2D eigenvalue weighted by atomic mass is 9.99. The fourth-order valence-electron chi connectivity index (χ4n) is 5.94. The molecule has 0 radical (unpaired) electrons. The highest BCUT2D eigenvalue weighted by Crippen LogP contribution is 2.40. The number of carbonyl (C=O) groups excluding carboxylic acids is 1. The van der Waals surface area contributed by atoms with Crippen molar-refractivity contribution in [3.8, 4) is 22.6 Å². The number of aliphatic hydroxyl groups excluding tert-OH is 1. The zero-order chi connectivity index (χ0) is 36.3. The van der Waals surface area contributed by atoms with Gasteiger partial charge in [-0.05, 0) is 81.4 Å². The highest BCUT2D eigenvalue weighted by atomic mass is 32.2. The molecule has 0 spiro atoms. The second-order valence-corrected chi connectivity index (χ2v) is 13.6. The van der Waals surface area contributed by atoms with Crippen LogP contribution < -0.4 is 5.32 Å². The predicted octanol–water partition coefficient (Wildman–Crippen LogP) is 6.52. The van der Waals surface area contributed by atoms with Crippen molar-refractivity contribution in [1.29, 1.82) is 0 Å². The van der Waals surface area contributed by atoms with Crippen molar-refractivity contribution in [3.63, 3.8) is 0 Å². The fourth-order valence-corrected chi connectivity index (χ4v) is 6.84. The minimum Gasteiger partial charge on any atom is -0.508 e. The third-order valence-corrected chi connectivity index (χ3v) is 9.83. The summed E-state index contributed by atoms with van der Waals surface area (Å²) in [6, 6.07) is 30.5. The molecule has 4 N–H and O–H groups in total. The Balaban J connectivity index is 1.11. The Labute approximate surface area is 305 Å². The van der Waals surface area contributed by atoms with E-state index in [2.05, 4.69) is 26.9 Å². The number of amides is 1. The molecule has 13 heteroatoms. The zero-order valence-electron chi connectivity index (χ0n) is 28.5. The second-order valence-electron chi connectivity index (χ2n) is 12.6. The number of nitrogens with one attached hydrogen (secondary N) is 1. The topological polar surface area (TPSA) is 169 Å². The maximum atomic E-state index is 12.3. The van der Waals surface area contributed by atoms with Crippen LogP contribution in [0.5, 0.6) is 5.75 Å². The summed E-state index contributed by atoms with van der Waals surface area (Å²) >= 11 is 1.48. The van der Waals surface area contributed by atoms with Crippen LogP contribution in [0.3, 0.4) is 0 Å². The molecule has 5 aromatic rings. The number of aromatic nitrogens is 4. The average Bonchev–Trinajstić information content (AvgIpc) is 3.65. The lowest BCUT2D eigenvalue weighted by Gasteiger charge is -2.36. The first-order chi connectivity index (χ1) is 25.3. The molecule has 3 atom stereocenters. The Morgan fingerprint density at radius 2 is 1.60 bits per heavy atom. The van der Waals surface area contributed by atoms with Crippen molar-refractivity contribution in [2.75, 3.05) is 5.75 Å². The van der Waals surface area contributed by atoms with Gasteiger partial charge in [0.1, 0.15) is 5.75 Å². The highest BCUT2D eigenvalue weighted by molar-refractivity contribution is 7.99. The van der Waals surface area contributed by atoms with E-state index < -0.39 is 12.3 Å². The third kappa shape index (κ3) is 10.0. The van der Waals surface area contributed by atoms with E-state index in [1.165, 1.54) is 11.8 Å². The van der Waals surface area contributed by atoms with Gasteiger partial charge in [-0.15, -0.1) is 5.10 Å². The number of hydrogen-bond acceptors (Lipinski definition) is 10. The van der Waals surface area contributed by atoms with Gasteiger partial charge in [0.15, 0.2) is 6.29 Å². The minimum atomic E-state index is -0.811. The summed E-state index contributed by atoms with van der Waals surface area (Å²) in [4.78, 5) is 23.0. The molecule has 1 saturated heterocycles. The molecule has 4 aromatic carbocycles. The molecule has 12 nitrogen and oxygen atoms in total. The number of ether oxygens (including phenoxy) is 2. The number of thioether (sulfide) groups is 1. The predicted molar refractivity (Wildman–Crippen MR) is 194 cm³/mol. The molecule has 1 fully saturated rings. The van der Waals surface area contributed by atoms with Crippen molar-refractivity contribution >= 4 is 23.6 Å². The molecule has 52 heavy (non-hydrogen) atoms. The van der Waals surface area contributed by atoms with Crippen LogP contribution in [0.25, 0.3) is 16.8 Å². The first-order valence-electron chi connectivity index (χ1n) is 17.2. The number of phenolic OH excluding ortho intramolecular Hbond substituents is 1. The Hall–Kier alpha value is -5.08. The summed E-state index contributed by atoms with van der Waals surface area (Å²) < 4.78 is 14.7. The van der Waals surface area contributed by atoms with E-state index in [4.69, 9.17) is 14.6 Å². The van der Waals surface area contributed by atoms with Gasteiger partial charge in [0, 0.05) is 37.1 Å². The van der Waals surface area contributed by atoms with E-state index in [1.807, 2.05) is 66.7 Å². The molecule has 6 rings (SSSR count). The third-order valence-electron chi connectivity index (χ3n) is 8.78. The number of aromatic hydroxyl groups is 1. The number of benzene rings is 4. The molecule has 1 aliphatic heterocycles. The molecule has 0 unspecified atom stereocenters. The van der Waals surface area contributed by atoms with Crippen LogP contribution in [0.2, 0.25) is 0 Å². The monoisotopic (exact) mass is 723 g/mol. The van der Waals surface area contributed by atoms with E-state index >= 15 is 0 Å². The molecule has 1 aliphatic rings. The molecule has 0 bridgehead atoms. The van der Waals surface area contributed by atoms with E-state index in [1.54, 1.807) is 28.9 Å². The Kier molecular flexibility index (Phi) is 12.6. The van der Waals surface area contributed by atoms with Crippen LogP contribution in [0.15, 0.2) is 102 Å². The van der Waals surface area contributed by atoms with Crippen LogP contribution in [-0.2, 0) is 32.2 Å². The van der Waals surface area contributed by atoms with Gasteiger partial charge in [0.25, 0.3) is 0 Å². The number of hydrogen-bond donors (Lipinski definition) is 4. The van der Waals surface area contributed by atoms with Crippen LogP contribution in [0.4, 0.5) is 0 Å². The van der Waals surface area contributed by atoms with Crippen LogP contribution in [-0.4, -0.2) is 59.3 Å². The summed E-state index contributed by atoms with van der Waals surface area (Å²) in [6.45, 7) is 0.374. The van der Waals surface area contributed by atoms with Crippen molar-refractivity contribution < 1.29 is 34.4 Å². The molecule has 0 aliphatic carbocycles. The van der Waals surface area contributed by atoms with Gasteiger partial charge in [-0.1, -0.05) is 84.9 Å². The average molecular weight is 724 g/mol. The zero-order valence-corrected chi connectivity index (χ0v) is 29.3. The maximum absolute atomic E-state index is 12.3. The summed E-state index contributed by atoms with van der Waals surface area (Å²) in [5, 5.41) is 43.8. The van der Waals surface area contributed by atoms with Crippen LogP contribution in [0.1, 0.15) is 73.2 Å². The van der Waals surface area contributed by atoms with Gasteiger partial charge >= 0.3 is 5.97 Å². The fraction of sp³-hybridized carbons (Fsp3) is 0.308. The Bertz CT molecular complexity index is 1920. The summed E-state index contributed by atoms with van der Waals surface area (Å²) in [6.07, 6.45) is 1.98. The largest absolute Gasteiger partial charge is 0.508 e. The summed E-state index contributed by atoms with van der Waals surface area (Å²) in [7, 11) is 0. The van der Waals surface area contributed by atoms with E-state index in [9.17, 15) is 19.8 Å². The number of tetrazole rings is 1. The van der Waals surface area contributed by atoms with E-state index in [-0.39, 0.29) is 36.9 Å². The standard InChI is InChI=1S/C39H41N5O7S/c45-24-26-9-11-29(12-10-26)35-22-34(25-52-39-41-42-43-44(39)32-17-19-33(46)20-18-32)50-38(51-35)30-15-13-28(14-16-30)31-6-4-5-27(21-31)23-40-36(47)7-2-1-3-8-37(48)49/h4-6,9-21,34-35,38,45-46H,1-3,7-8,22-25H2,(H,40,47)(H,48,49)/t34-,35+,38+/m1/s1. The van der Waals surface area contributed by atoms with Crippen LogP contribution in [0, 0.1) is 0 Å². The van der Waals surface area contributed by atoms with Gasteiger partial charge in [0.05, 0.1) is 24.5 Å². The van der Waals surface area contributed by atoms with E-state index in [0.717, 1.165) is 39.1 Å². The lowest BCUT2D eigenvalue weighted by molar-refractivity contribution is -0.245. The van der Waals surface area contributed by atoms with Gasteiger partial charge in [-0.3, -0.25) is 9.59 Å². The molecule has 270 valence electrons.